The van der Waals surface area contributed by atoms with Crippen molar-refractivity contribution in [3.63, 3.8) is 0 Å². The fourth-order valence-electron chi connectivity index (χ4n) is 0.888. The minimum absolute atomic E-state index is 0.282. The van der Waals surface area contributed by atoms with Gasteiger partial charge in [0.05, 0.1) is 11.7 Å². The summed E-state index contributed by atoms with van der Waals surface area (Å²) in [7, 11) is 0. The Morgan fingerprint density at radius 1 is 1.38 bits per heavy atom. The van der Waals surface area contributed by atoms with Gasteiger partial charge in [-0.15, -0.1) is 11.3 Å². The number of alkyl halides is 1. The number of aromatic carboxylic acids is 1. The molecule has 0 atom stereocenters. The minimum atomic E-state index is -0.910. The summed E-state index contributed by atoms with van der Waals surface area (Å²) in [6, 6.07) is 10.3. The Labute approximate surface area is 106 Å². The fraction of sp³-hybridized carbons (Fsp3) is 0.0909. The molecule has 0 aliphatic carbocycles. The number of nitrogens with zero attached hydrogens (tertiary/aromatic N) is 1. The monoisotopic (exact) mass is 299 g/mol. The van der Waals surface area contributed by atoms with Crippen LogP contribution in [0.1, 0.15) is 15.2 Å². The lowest BCUT2D eigenvalue weighted by Crippen LogP contribution is -1.89. The summed E-state index contributed by atoms with van der Waals surface area (Å²) in [6.45, 7) is 0. The molecule has 5 heteroatoms. The van der Waals surface area contributed by atoms with E-state index < -0.39 is 5.97 Å². The normalized spacial score (nSPS) is 9.06. The second-order valence-electron chi connectivity index (χ2n) is 2.79. The zero-order valence-corrected chi connectivity index (χ0v) is 10.7. The molecule has 84 valence electrons. The summed E-state index contributed by atoms with van der Waals surface area (Å²) < 4.78 is 0. The van der Waals surface area contributed by atoms with Crippen molar-refractivity contribution < 1.29 is 9.90 Å². The number of rotatable bonds is 2. The van der Waals surface area contributed by atoms with Crippen molar-refractivity contribution >= 4 is 33.2 Å². The van der Waals surface area contributed by atoms with Gasteiger partial charge in [-0.25, -0.2) is 4.79 Å². The van der Waals surface area contributed by atoms with Crippen molar-refractivity contribution in [2.24, 2.45) is 0 Å². The number of benzene rings is 1. The largest absolute Gasteiger partial charge is 0.477 e. The van der Waals surface area contributed by atoms with Gasteiger partial charge in [-0.2, -0.15) is 0 Å². The Morgan fingerprint density at radius 3 is 2.38 bits per heavy atom. The zero-order chi connectivity index (χ0) is 11.8. The highest BCUT2D eigenvalue weighted by molar-refractivity contribution is 9.08. The van der Waals surface area contributed by atoms with Gasteiger partial charge < -0.3 is 5.11 Å². The van der Waals surface area contributed by atoms with E-state index in [1.807, 2.05) is 18.2 Å². The summed E-state index contributed by atoms with van der Waals surface area (Å²) in [6.07, 6.45) is 1.33. The first-order valence-electron chi connectivity index (χ1n) is 4.45. The molecule has 2 aromatic rings. The quantitative estimate of drug-likeness (QED) is 0.865. The van der Waals surface area contributed by atoms with Crippen LogP contribution in [0.4, 0.5) is 0 Å². The molecule has 0 spiro atoms. The van der Waals surface area contributed by atoms with Crippen molar-refractivity contribution in [3.05, 3.63) is 52.5 Å². The van der Waals surface area contributed by atoms with Crippen molar-refractivity contribution in [3.8, 4) is 0 Å². The first-order chi connectivity index (χ1) is 7.74. The van der Waals surface area contributed by atoms with Gasteiger partial charge in [0.2, 0.25) is 0 Å². The van der Waals surface area contributed by atoms with Crippen LogP contribution in [0.2, 0.25) is 0 Å². The molecular weight excluding hydrogens is 290 g/mol. The van der Waals surface area contributed by atoms with Gasteiger partial charge in [-0.1, -0.05) is 46.3 Å². The van der Waals surface area contributed by atoms with Crippen LogP contribution in [-0.4, -0.2) is 16.1 Å². The van der Waals surface area contributed by atoms with Crippen LogP contribution in [-0.2, 0) is 5.33 Å². The summed E-state index contributed by atoms with van der Waals surface area (Å²) in [5, 5.41) is 9.20. The van der Waals surface area contributed by atoms with Gasteiger partial charge >= 0.3 is 5.97 Å². The second-order valence-corrected chi connectivity index (χ2v) is 4.24. The Morgan fingerprint density at radius 2 is 2.06 bits per heavy atom. The summed E-state index contributed by atoms with van der Waals surface area (Å²) in [4.78, 5) is 13.9. The third-order valence-electron chi connectivity index (χ3n) is 1.64. The number of aromatic nitrogens is 1. The Balaban J connectivity index is 0.000000160. The van der Waals surface area contributed by atoms with Gasteiger partial charge in [0.25, 0.3) is 0 Å². The molecule has 1 aromatic heterocycles. The lowest BCUT2D eigenvalue weighted by Gasteiger charge is -1.88. The number of halogens is 1. The molecule has 0 aliphatic heterocycles. The van der Waals surface area contributed by atoms with Gasteiger partial charge in [-0.05, 0) is 5.56 Å². The molecule has 3 nitrogen and oxygen atoms in total. The highest BCUT2D eigenvalue weighted by atomic mass is 79.9. The summed E-state index contributed by atoms with van der Waals surface area (Å²) in [5.41, 5.74) is 2.82. The van der Waals surface area contributed by atoms with Gasteiger partial charge in [0, 0.05) is 5.33 Å². The highest BCUT2D eigenvalue weighted by Gasteiger charge is 2.00. The van der Waals surface area contributed by atoms with Crippen molar-refractivity contribution in [2.45, 2.75) is 5.33 Å². The Bertz CT molecular complexity index is 417. The summed E-state index contributed by atoms with van der Waals surface area (Å²) in [5.74, 6) is -0.910. The Kier molecular flexibility index (Phi) is 5.74. The lowest BCUT2D eigenvalue weighted by molar-refractivity contribution is 0.0702. The van der Waals surface area contributed by atoms with Gasteiger partial charge in [0.15, 0.2) is 0 Å². The van der Waals surface area contributed by atoms with Crippen LogP contribution >= 0.6 is 27.3 Å². The SMILES string of the molecule is BrCc1ccccc1.O=C(O)c1cncs1. The maximum atomic E-state index is 10.0. The van der Waals surface area contributed by atoms with Crippen molar-refractivity contribution in [2.75, 3.05) is 0 Å². The number of carboxylic acids is 1. The average molecular weight is 300 g/mol. The second kappa shape index (κ2) is 7.14. The molecule has 2 rings (SSSR count). The number of hydrogen-bond donors (Lipinski definition) is 1. The number of thiazole rings is 1. The standard InChI is InChI=1S/C7H7Br.C4H3NO2S/c8-6-7-4-2-1-3-5-7;6-4(7)3-1-5-2-8-3/h1-5H,6H2;1-2H,(H,6,7). The molecule has 16 heavy (non-hydrogen) atoms. The molecular formula is C11H10BrNO2S. The van der Waals surface area contributed by atoms with Crippen LogP contribution < -0.4 is 0 Å². The van der Waals surface area contributed by atoms with Crippen molar-refractivity contribution in [1.29, 1.82) is 0 Å². The van der Waals surface area contributed by atoms with E-state index in [9.17, 15) is 4.79 Å². The molecule has 1 aromatic carbocycles. The third-order valence-corrected chi connectivity index (χ3v) is 3.05. The first kappa shape index (κ1) is 12.9. The molecule has 0 bridgehead atoms. The molecule has 1 heterocycles. The zero-order valence-electron chi connectivity index (χ0n) is 8.34. The number of carboxylic acid groups (broad SMARTS) is 1. The van der Waals surface area contributed by atoms with Crippen LogP contribution in [0.15, 0.2) is 42.0 Å². The van der Waals surface area contributed by atoms with Gasteiger partial charge in [0.1, 0.15) is 4.88 Å². The van der Waals surface area contributed by atoms with E-state index in [-0.39, 0.29) is 4.88 Å². The molecule has 0 amide bonds. The Hall–Kier alpha value is -1.20. The van der Waals surface area contributed by atoms with Gasteiger partial charge in [-0.3, -0.25) is 4.98 Å². The van der Waals surface area contributed by atoms with E-state index in [0.29, 0.717) is 0 Å². The van der Waals surface area contributed by atoms with Crippen LogP contribution in [0.5, 0.6) is 0 Å². The number of hydrogen-bond acceptors (Lipinski definition) is 3. The molecule has 0 radical (unpaired) electrons. The van der Waals surface area contributed by atoms with Crippen LogP contribution in [0.25, 0.3) is 0 Å². The predicted octanol–water partition coefficient (Wildman–Crippen LogP) is 3.42. The molecule has 0 unspecified atom stereocenters. The van der Waals surface area contributed by atoms with E-state index in [1.54, 1.807) is 0 Å². The van der Waals surface area contributed by atoms with E-state index in [2.05, 4.69) is 33.0 Å². The van der Waals surface area contributed by atoms with E-state index in [0.717, 1.165) is 16.7 Å². The smallest absolute Gasteiger partial charge is 0.347 e. The van der Waals surface area contributed by atoms with Crippen LogP contribution in [0, 0.1) is 0 Å². The van der Waals surface area contributed by atoms with Crippen LogP contribution in [0.3, 0.4) is 0 Å². The predicted molar refractivity (Wildman–Crippen MR) is 68.1 cm³/mol. The highest BCUT2D eigenvalue weighted by Crippen LogP contribution is 2.03. The minimum Gasteiger partial charge on any atom is -0.477 e. The molecule has 0 aliphatic rings. The first-order valence-corrected chi connectivity index (χ1v) is 6.46. The molecule has 0 saturated carbocycles. The fourth-order valence-corrected chi connectivity index (χ4v) is 1.72. The number of carbonyl (C=O) groups is 1. The third kappa shape index (κ3) is 4.55. The maximum absolute atomic E-state index is 10.0. The molecule has 0 fully saturated rings. The van der Waals surface area contributed by atoms with Crippen molar-refractivity contribution in [1.82, 2.24) is 4.98 Å². The van der Waals surface area contributed by atoms with E-state index >= 15 is 0 Å². The average Bonchev–Trinajstić information content (AvgIpc) is 2.85. The molecule has 1 N–H and O–H groups in total. The summed E-state index contributed by atoms with van der Waals surface area (Å²) >= 11 is 4.48. The maximum Gasteiger partial charge on any atom is 0.347 e. The van der Waals surface area contributed by atoms with E-state index in [4.69, 9.17) is 5.11 Å². The topological polar surface area (TPSA) is 50.2 Å². The van der Waals surface area contributed by atoms with E-state index in [1.165, 1.54) is 17.3 Å². The molecule has 0 saturated heterocycles. The lowest BCUT2D eigenvalue weighted by atomic mass is 10.2.